The third-order valence-corrected chi connectivity index (χ3v) is 5.19. The van der Waals surface area contributed by atoms with Crippen LogP contribution in [0.3, 0.4) is 0 Å². The lowest BCUT2D eigenvalue weighted by Gasteiger charge is -2.09. The van der Waals surface area contributed by atoms with Crippen LogP contribution in [0.25, 0.3) is 11.1 Å². The fraction of sp³-hybridized carbons (Fsp3) is 0.211. The molecule has 1 amide bonds. The first-order valence-electron chi connectivity index (χ1n) is 7.67. The lowest BCUT2D eigenvalue weighted by molar-refractivity contribution is 0.1000. The first-order chi connectivity index (χ1) is 11.1. The Kier molecular flexibility index (Phi) is 4.35. The molecule has 23 heavy (non-hydrogen) atoms. The van der Waals surface area contributed by atoms with E-state index < -0.39 is 0 Å². The highest BCUT2D eigenvalue weighted by Gasteiger charge is 2.22. The number of nitrogens with zero attached hydrogens (tertiary/aromatic N) is 1. The largest absolute Gasteiger partial charge is 0.366 e. The van der Waals surface area contributed by atoms with E-state index in [2.05, 4.69) is 29.0 Å². The summed E-state index contributed by atoms with van der Waals surface area (Å²) in [5.41, 5.74) is 10.4. The molecule has 0 aliphatic rings. The number of hydrogen-bond acceptors (Lipinski definition) is 2. The summed E-state index contributed by atoms with van der Waals surface area (Å²) in [5.74, 6) is -0.362. The van der Waals surface area contributed by atoms with E-state index in [0.29, 0.717) is 5.56 Å². The predicted molar refractivity (Wildman–Crippen MR) is 95.9 cm³/mol. The maximum Gasteiger partial charge on any atom is 0.251 e. The van der Waals surface area contributed by atoms with E-state index in [9.17, 15) is 4.79 Å². The van der Waals surface area contributed by atoms with Gasteiger partial charge in [0.25, 0.3) is 5.91 Å². The van der Waals surface area contributed by atoms with E-state index in [-0.39, 0.29) is 5.91 Å². The van der Waals surface area contributed by atoms with Gasteiger partial charge < -0.3 is 10.3 Å². The van der Waals surface area contributed by atoms with E-state index in [1.165, 1.54) is 4.88 Å². The average molecular weight is 324 g/mol. The molecule has 118 valence electrons. The van der Waals surface area contributed by atoms with Crippen LogP contribution in [0.5, 0.6) is 0 Å². The molecule has 0 spiro atoms. The molecule has 2 heterocycles. The van der Waals surface area contributed by atoms with Crippen molar-refractivity contribution in [2.24, 2.45) is 5.73 Å². The van der Waals surface area contributed by atoms with Crippen LogP contribution >= 0.6 is 11.3 Å². The van der Waals surface area contributed by atoms with Gasteiger partial charge in [-0.3, -0.25) is 4.79 Å². The number of nitrogens with two attached hydrogens (primary N) is 1. The third kappa shape index (κ3) is 2.94. The minimum atomic E-state index is -0.362. The molecule has 3 nitrogen and oxygen atoms in total. The highest BCUT2D eigenvalue weighted by molar-refractivity contribution is 7.09. The summed E-state index contributed by atoms with van der Waals surface area (Å²) < 4.78 is 2.21. The highest BCUT2D eigenvalue weighted by atomic mass is 32.1. The number of carbonyl (C=O) groups is 1. The van der Waals surface area contributed by atoms with Crippen LogP contribution in [-0.4, -0.2) is 10.5 Å². The normalized spacial score (nSPS) is 10.9. The van der Waals surface area contributed by atoms with E-state index >= 15 is 0 Å². The summed E-state index contributed by atoms with van der Waals surface area (Å²) in [6, 6.07) is 14.2. The zero-order chi connectivity index (χ0) is 16.4. The van der Waals surface area contributed by atoms with Gasteiger partial charge >= 0.3 is 0 Å². The molecule has 0 unspecified atom stereocenters. The quantitative estimate of drug-likeness (QED) is 0.752. The second-order valence-corrected chi connectivity index (χ2v) is 6.66. The topological polar surface area (TPSA) is 48.0 Å². The van der Waals surface area contributed by atoms with E-state index in [1.807, 2.05) is 37.3 Å². The number of benzene rings is 1. The van der Waals surface area contributed by atoms with Crippen molar-refractivity contribution in [3.8, 4) is 11.1 Å². The lowest BCUT2D eigenvalue weighted by atomic mass is 10.0. The van der Waals surface area contributed by atoms with Gasteiger partial charge in [0.15, 0.2) is 0 Å². The molecule has 0 radical (unpaired) electrons. The van der Waals surface area contributed by atoms with Crippen molar-refractivity contribution in [1.82, 2.24) is 4.57 Å². The SMILES string of the molecule is Cc1c(C(N)=O)c(-c2ccccc2)c(C)n1CCc1cccs1. The molecular formula is C19H20N2OS. The van der Waals surface area contributed by atoms with E-state index in [4.69, 9.17) is 5.73 Å². The summed E-state index contributed by atoms with van der Waals surface area (Å²) in [7, 11) is 0. The Morgan fingerprint density at radius 3 is 2.43 bits per heavy atom. The molecular weight excluding hydrogens is 304 g/mol. The summed E-state index contributed by atoms with van der Waals surface area (Å²) in [6.07, 6.45) is 0.959. The van der Waals surface area contributed by atoms with Gasteiger partial charge in [-0.25, -0.2) is 0 Å². The molecule has 0 saturated heterocycles. The fourth-order valence-corrected chi connectivity index (χ4v) is 3.85. The van der Waals surface area contributed by atoms with Gasteiger partial charge in [0.2, 0.25) is 0 Å². The maximum atomic E-state index is 12.0. The van der Waals surface area contributed by atoms with Crippen molar-refractivity contribution in [1.29, 1.82) is 0 Å². The Balaban J connectivity index is 2.05. The number of amides is 1. The molecule has 1 aromatic carbocycles. The van der Waals surface area contributed by atoms with Gasteiger partial charge in [-0.05, 0) is 37.3 Å². The van der Waals surface area contributed by atoms with Crippen LogP contribution in [0, 0.1) is 13.8 Å². The van der Waals surface area contributed by atoms with Crippen LogP contribution < -0.4 is 5.73 Å². The summed E-state index contributed by atoms with van der Waals surface area (Å²) in [6.45, 7) is 4.90. The van der Waals surface area contributed by atoms with Gasteiger partial charge in [-0.2, -0.15) is 0 Å². The number of aryl methyl sites for hydroxylation is 1. The van der Waals surface area contributed by atoms with Crippen molar-refractivity contribution in [2.75, 3.05) is 0 Å². The predicted octanol–water partition coefficient (Wildman–Crippen LogP) is 4.18. The second kappa shape index (κ2) is 6.42. The van der Waals surface area contributed by atoms with Gasteiger partial charge in [-0.15, -0.1) is 11.3 Å². The Morgan fingerprint density at radius 2 is 1.83 bits per heavy atom. The highest BCUT2D eigenvalue weighted by Crippen LogP contribution is 2.32. The standard InChI is InChI=1S/C19H20N2OS/c1-13-17(15-7-4-3-5-8-15)18(19(20)22)14(2)21(13)11-10-16-9-6-12-23-16/h3-9,12H,10-11H2,1-2H3,(H2,20,22). The fourth-order valence-electron chi connectivity index (χ4n) is 3.16. The number of primary amides is 1. The Labute approximate surface area is 140 Å². The van der Waals surface area contributed by atoms with Crippen molar-refractivity contribution >= 4 is 17.2 Å². The monoisotopic (exact) mass is 324 g/mol. The first-order valence-corrected chi connectivity index (χ1v) is 8.55. The van der Waals surface area contributed by atoms with Crippen LogP contribution in [0.15, 0.2) is 47.8 Å². The van der Waals surface area contributed by atoms with Gasteiger partial charge in [0.05, 0.1) is 5.56 Å². The van der Waals surface area contributed by atoms with Crippen LogP contribution in [0.2, 0.25) is 0 Å². The molecule has 3 rings (SSSR count). The van der Waals surface area contributed by atoms with Crippen molar-refractivity contribution in [3.63, 3.8) is 0 Å². The average Bonchev–Trinajstić information content (AvgIpc) is 3.13. The van der Waals surface area contributed by atoms with Crippen molar-refractivity contribution in [2.45, 2.75) is 26.8 Å². The molecule has 3 aromatic rings. The Bertz CT molecular complexity index is 817. The zero-order valence-electron chi connectivity index (χ0n) is 13.4. The second-order valence-electron chi connectivity index (χ2n) is 5.63. The van der Waals surface area contributed by atoms with Crippen LogP contribution in [0.1, 0.15) is 26.6 Å². The number of aromatic nitrogens is 1. The number of thiophene rings is 1. The maximum absolute atomic E-state index is 12.0. The number of hydrogen-bond donors (Lipinski definition) is 1. The molecule has 0 atom stereocenters. The van der Waals surface area contributed by atoms with Crippen molar-refractivity contribution < 1.29 is 4.79 Å². The molecule has 0 aliphatic carbocycles. The summed E-state index contributed by atoms with van der Waals surface area (Å²) >= 11 is 1.76. The number of rotatable bonds is 5. The Morgan fingerprint density at radius 1 is 1.09 bits per heavy atom. The third-order valence-electron chi connectivity index (χ3n) is 4.25. The van der Waals surface area contributed by atoms with Crippen LogP contribution in [0.4, 0.5) is 0 Å². The molecule has 0 saturated carbocycles. The molecule has 2 aromatic heterocycles. The lowest BCUT2D eigenvalue weighted by Crippen LogP contribution is -2.13. The Hall–Kier alpha value is -2.33. The smallest absolute Gasteiger partial charge is 0.251 e. The van der Waals surface area contributed by atoms with Crippen LogP contribution in [-0.2, 0) is 13.0 Å². The van der Waals surface area contributed by atoms with Crippen molar-refractivity contribution in [3.05, 3.63) is 69.7 Å². The van der Waals surface area contributed by atoms with Gasteiger partial charge in [0.1, 0.15) is 0 Å². The van der Waals surface area contributed by atoms with E-state index in [1.54, 1.807) is 11.3 Å². The number of carbonyl (C=O) groups excluding carboxylic acids is 1. The molecule has 0 aliphatic heterocycles. The van der Waals surface area contributed by atoms with Gasteiger partial charge in [0, 0.05) is 28.4 Å². The first kappa shape index (κ1) is 15.6. The summed E-state index contributed by atoms with van der Waals surface area (Å²) in [5, 5.41) is 2.09. The minimum Gasteiger partial charge on any atom is -0.366 e. The van der Waals surface area contributed by atoms with E-state index in [0.717, 1.165) is 35.5 Å². The molecule has 0 bridgehead atoms. The minimum absolute atomic E-state index is 0.362. The summed E-state index contributed by atoms with van der Waals surface area (Å²) in [4.78, 5) is 13.4. The molecule has 2 N–H and O–H groups in total. The van der Waals surface area contributed by atoms with Gasteiger partial charge in [-0.1, -0.05) is 36.4 Å². The molecule has 4 heteroatoms. The zero-order valence-corrected chi connectivity index (χ0v) is 14.2. The molecule has 0 fully saturated rings.